The molecule has 0 radical (unpaired) electrons. The van der Waals surface area contributed by atoms with Crippen molar-refractivity contribution in [3.05, 3.63) is 29.8 Å². The first-order valence-corrected chi connectivity index (χ1v) is 9.70. The molecule has 2 rings (SSSR count). The van der Waals surface area contributed by atoms with Gasteiger partial charge in [-0.1, -0.05) is 12.1 Å². The minimum Gasteiger partial charge on any atom is -0.507 e. The Morgan fingerprint density at radius 1 is 0.939 bits per heavy atom. The summed E-state index contributed by atoms with van der Waals surface area (Å²) >= 11 is 0. The molecular formula is C21H27NO11. The molecule has 0 unspecified atom stereocenters. The van der Waals surface area contributed by atoms with E-state index in [1.165, 1.54) is 19.2 Å². The van der Waals surface area contributed by atoms with E-state index in [-0.39, 0.29) is 17.8 Å². The number of rotatable bonds is 7. The van der Waals surface area contributed by atoms with Crippen LogP contribution in [-0.4, -0.2) is 77.9 Å². The number of hydrogen-bond acceptors (Lipinski definition) is 11. The number of benzene rings is 1. The van der Waals surface area contributed by atoms with E-state index in [0.29, 0.717) is 5.56 Å². The summed E-state index contributed by atoms with van der Waals surface area (Å²) < 4.78 is 26.6. The van der Waals surface area contributed by atoms with Crippen LogP contribution in [0.25, 0.3) is 0 Å². The fraction of sp³-hybridized carbons (Fsp3) is 0.476. The molecule has 0 saturated carbocycles. The molecule has 0 aliphatic carbocycles. The molecule has 0 bridgehead atoms. The Hall–Kier alpha value is -3.51. The summed E-state index contributed by atoms with van der Waals surface area (Å²) in [6.45, 7) is 4.25. The van der Waals surface area contributed by atoms with Crippen LogP contribution in [-0.2, 0) is 42.9 Å². The highest BCUT2D eigenvalue weighted by molar-refractivity contribution is 5.83. The minimum absolute atomic E-state index is 0. The molecule has 1 fully saturated rings. The Labute approximate surface area is 189 Å². The largest absolute Gasteiger partial charge is 0.507 e. The second-order valence-electron chi connectivity index (χ2n) is 6.93. The summed E-state index contributed by atoms with van der Waals surface area (Å²) in [5.74, 6) is -2.83. The number of hydrogen-bond donors (Lipinski definition) is 1. The number of carbonyl (C=O) groups excluding carboxylic acids is 4. The number of phenols is 1. The van der Waals surface area contributed by atoms with Crippen LogP contribution in [0.5, 0.6) is 5.75 Å². The maximum atomic E-state index is 11.8. The predicted molar refractivity (Wildman–Crippen MR) is 111 cm³/mol. The van der Waals surface area contributed by atoms with Gasteiger partial charge in [0.2, 0.25) is 6.29 Å². The van der Waals surface area contributed by atoms with E-state index >= 15 is 0 Å². The lowest BCUT2D eigenvalue weighted by molar-refractivity contribution is -0.266. The SMILES string of the molecule is CC(=O)OC[C@H]1O[C@H](OC(C)=O)[C@H](N=Cc2ccccc2O)[C@@H](OC(C)=O)[C@@H]1OC(C)=O.O. The van der Waals surface area contributed by atoms with E-state index < -0.39 is 54.5 Å². The van der Waals surface area contributed by atoms with Gasteiger partial charge in [-0.2, -0.15) is 0 Å². The number of carbonyl (C=O) groups is 4. The third kappa shape index (κ3) is 8.16. The van der Waals surface area contributed by atoms with Crippen LogP contribution in [0.3, 0.4) is 0 Å². The van der Waals surface area contributed by atoms with Crippen LogP contribution >= 0.6 is 0 Å². The highest BCUT2D eigenvalue weighted by Crippen LogP contribution is 2.30. The quantitative estimate of drug-likeness (QED) is 0.326. The van der Waals surface area contributed by atoms with Crippen molar-refractivity contribution in [1.82, 2.24) is 0 Å². The van der Waals surface area contributed by atoms with Crippen molar-refractivity contribution in [2.24, 2.45) is 4.99 Å². The van der Waals surface area contributed by atoms with Gasteiger partial charge in [-0.15, -0.1) is 0 Å². The van der Waals surface area contributed by atoms with Crippen LogP contribution in [0, 0.1) is 0 Å². The normalized spacial score (nSPS) is 24.3. The van der Waals surface area contributed by atoms with E-state index in [2.05, 4.69) is 4.99 Å². The highest BCUT2D eigenvalue weighted by atomic mass is 16.7. The molecular weight excluding hydrogens is 442 g/mol. The van der Waals surface area contributed by atoms with Gasteiger partial charge in [0.15, 0.2) is 18.2 Å². The summed E-state index contributed by atoms with van der Waals surface area (Å²) in [5, 5.41) is 9.99. The molecule has 5 atom stereocenters. The number of ether oxygens (including phenoxy) is 5. The number of nitrogens with zero attached hydrogens (tertiary/aromatic N) is 1. The highest BCUT2D eigenvalue weighted by Gasteiger charge is 2.51. The zero-order valence-corrected chi connectivity index (χ0v) is 18.5. The molecule has 0 spiro atoms. The van der Waals surface area contributed by atoms with Gasteiger partial charge in [0.05, 0.1) is 0 Å². The fourth-order valence-electron chi connectivity index (χ4n) is 3.07. The average Bonchev–Trinajstić information content (AvgIpc) is 2.68. The summed E-state index contributed by atoms with van der Waals surface area (Å²) in [6.07, 6.45) is -3.68. The topological polar surface area (TPSA) is 179 Å². The molecule has 1 aromatic carbocycles. The van der Waals surface area contributed by atoms with E-state index in [4.69, 9.17) is 23.7 Å². The van der Waals surface area contributed by atoms with Crippen molar-refractivity contribution in [1.29, 1.82) is 0 Å². The van der Waals surface area contributed by atoms with Gasteiger partial charge >= 0.3 is 23.9 Å². The van der Waals surface area contributed by atoms with Gasteiger partial charge in [0, 0.05) is 39.5 Å². The third-order valence-corrected chi connectivity index (χ3v) is 4.27. The van der Waals surface area contributed by atoms with E-state index in [1.54, 1.807) is 18.2 Å². The molecule has 1 aliphatic heterocycles. The third-order valence-electron chi connectivity index (χ3n) is 4.27. The van der Waals surface area contributed by atoms with Crippen LogP contribution in [0.1, 0.15) is 33.3 Å². The monoisotopic (exact) mass is 469 g/mol. The lowest BCUT2D eigenvalue weighted by Gasteiger charge is -2.42. The summed E-state index contributed by atoms with van der Waals surface area (Å²) in [7, 11) is 0. The maximum Gasteiger partial charge on any atom is 0.305 e. The molecule has 1 aliphatic rings. The van der Waals surface area contributed by atoms with Crippen LogP contribution < -0.4 is 0 Å². The van der Waals surface area contributed by atoms with Crippen molar-refractivity contribution in [3.63, 3.8) is 0 Å². The Kier molecular flexibility index (Phi) is 10.4. The molecule has 12 nitrogen and oxygen atoms in total. The van der Waals surface area contributed by atoms with Crippen LogP contribution in [0.2, 0.25) is 0 Å². The van der Waals surface area contributed by atoms with Crippen molar-refractivity contribution in [2.45, 2.75) is 58.3 Å². The predicted octanol–water partition coefficient (Wildman–Crippen LogP) is 0.0695. The van der Waals surface area contributed by atoms with E-state index in [0.717, 1.165) is 20.8 Å². The van der Waals surface area contributed by atoms with Crippen molar-refractivity contribution >= 4 is 30.1 Å². The maximum absolute atomic E-state index is 11.8. The van der Waals surface area contributed by atoms with Gasteiger partial charge in [0.1, 0.15) is 18.5 Å². The summed E-state index contributed by atoms with van der Waals surface area (Å²) in [4.78, 5) is 50.8. The van der Waals surface area contributed by atoms with Crippen molar-refractivity contribution in [2.75, 3.05) is 6.61 Å². The molecule has 33 heavy (non-hydrogen) atoms. The first-order valence-electron chi connectivity index (χ1n) is 9.70. The van der Waals surface area contributed by atoms with E-state index in [1.807, 2.05) is 0 Å². The number of aliphatic imine (C=N–C) groups is 1. The summed E-state index contributed by atoms with van der Waals surface area (Å²) in [5.41, 5.74) is 0.335. The van der Waals surface area contributed by atoms with Gasteiger partial charge in [-0.3, -0.25) is 24.2 Å². The summed E-state index contributed by atoms with van der Waals surface area (Å²) in [6, 6.07) is 5.15. The van der Waals surface area contributed by atoms with Crippen molar-refractivity contribution < 1.29 is 53.4 Å². The molecule has 0 amide bonds. The zero-order chi connectivity index (χ0) is 23.8. The number of esters is 4. The molecule has 182 valence electrons. The molecule has 3 N–H and O–H groups in total. The first kappa shape index (κ1) is 27.5. The zero-order valence-electron chi connectivity index (χ0n) is 18.5. The lowest BCUT2D eigenvalue weighted by Crippen LogP contribution is -2.61. The molecule has 1 aromatic rings. The van der Waals surface area contributed by atoms with Crippen molar-refractivity contribution in [3.8, 4) is 5.75 Å². The number of para-hydroxylation sites is 1. The smallest absolute Gasteiger partial charge is 0.305 e. The molecule has 1 heterocycles. The molecule has 1 saturated heterocycles. The second-order valence-corrected chi connectivity index (χ2v) is 6.93. The van der Waals surface area contributed by atoms with Gasteiger partial charge < -0.3 is 34.3 Å². The van der Waals surface area contributed by atoms with E-state index in [9.17, 15) is 24.3 Å². The number of aromatic hydroxyl groups is 1. The second kappa shape index (κ2) is 12.5. The molecule has 0 aromatic heterocycles. The fourth-order valence-corrected chi connectivity index (χ4v) is 3.07. The molecule has 12 heteroatoms. The lowest BCUT2D eigenvalue weighted by atomic mass is 9.96. The Bertz CT molecular complexity index is 885. The van der Waals surface area contributed by atoms with Crippen LogP contribution in [0.15, 0.2) is 29.3 Å². The van der Waals surface area contributed by atoms with Gasteiger partial charge in [0.25, 0.3) is 0 Å². The van der Waals surface area contributed by atoms with Crippen LogP contribution in [0.4, 0.5) is 0 Å². The minimum atomic E-state index is -1.37. The van der Waals surface area contributed by atoms with Gasteiger partial charge in [-0.05, 0) is 12.1 Å². The Morgan fingerprint density at radius 2 is 1.52 bits per heavy atom. The Morgan fingerprint density at radius 3 is 2.06 bits per heavy atom. The standard InChI is InChI=1S/C21H25NO10.H2O/c1-11(23)28-10-17-19(29-12(2)24)20(30-13(3)25)18(21(32-17)31-14(4)26)22-9-15-7-5-6-8-16(15)27;/h5-9,17-21,27H,10H2,1-4H3;1H2/t17-,18-,19-,20-,21+;/m1./s1. The first-order chi connectivity index (χ1) is 15.1. The number of phenolic OH excluding ortho intramolecular Hbond substituents is 1. The Balaban J connectivity index is 0.00000544. The van der Waals surface area contributed by atoms with Gasteiger partial charge in [-0.25, -0.2) is 0 Å². The average molecular weight is 469 g/mol.